The van der Waals surface area contributed by atoms with Gasteiger partial charge in [0.05, 0.1) is 5.02 Å². The fraction of sp³-hybridized carbons (Fsp3) is 0.364. The lowest BCUT2D eigenvalue weighted by molar-refractivity contribution is 0.543. The second-order valence-corrected chi connectivity index (χ2v) is 6.06. The van der Waals surface area contributed by atoms with Gasteiger partial charge in [-0.15, -0.1) is 12.3 Å². The van der Waals surface area contributed by atoms with Crippen LogP contribution in [0.5, 0.6) is 0 Å². The first kappa shape index (κ1) is 15.3. The maximum atomic E-state index is 12.0. The van der Waals surface area contributed by atoms with E-state index in [0.29, 0.717) is 12.8 Å². The van der Waals surface area contributed by atoms with Crippen LogP contribution in [0.15, 0.2) is 17.2 Å². The average molecular weight is 307 g/mol. The Morgan fingerprint density at radius 1 is 1.56 bits per heavy atom. The number of hydrogen-bond donors (Lipinski definition) is 1. The third-order valence-electron chi connectivity index (χ3n) is 2.26. The van der Waals surface area contributed by atoms with Gasteiger partial charge in [0.15, 0.2) is 0 Å². The Labute approximate surface area is 117 Å². The van der Waals surface area contributed by atoms with E-state index in [2.05, 4.69) is 15.6 Å². The van der Waals surface area contributed by atoms with Crippen molar-refractivity contribution in [3.8, 4) is 12.3 Å². The van der Waals surface area contributed by atoms with Gasteiger partial charge in [-0.2, -0.15) is 0 Å². The molecule has 1 atom stereocenters. The topological polar surface area (TPSA) is 59.1 Å². The standard InChI is InChI=1S/C11H12Cl2N2O2S/c1-3-5-8(4-2)15-18(16,17)9-6-10(12)11(13)14-7-9/h1,6-8,15H,4-5H2,2H3. The second kappa shape index (κ2) is 6.39. The Morgan fingerprint density at radius 2 is 2.22 bits per heavy atom. The molecule has 0 aliphatic rings. The third kappa shape index (κ3) is 3.85. The van der Waals surface area contributed by atoms with Gasteiger partial charge < -0.3 is 0 Å². The van der Waals surface area contributed by atoms with Crippen molar-refractivity contribution in [2.45, 2.75) is 30.7 Å². The van der Waals surface area contributed by atoms with Crippen LogP contribution >= 0.6 is 23.2 Å². The third-order valence-corrected chi connectivity index (χ3v) is 4.43. The number of nitrogens with zero attached hydrogens (tertiary/aromatic N) is 1. The summed E-state index contributed by atoms with van der Waals surface area (Å²) in [4.78, 5) is 3.66. The summed E-state index contributed by atoms with van der Waals surface area (Å²) in [6.45, 7) is 1.84. The molecule has 1 unspecified atom stereocenters. The van der Waals surface area contributed by atoms with E-state index >= 15 is 0 Å². The number of rotatable bonds is 5. The zero-order chi connectivity index (χ0) is 13.8. The first-order chi connectivity index (χ1) is 8.40. The number of terminal acetylenes is 1. The highest BCUT2D eigenvalue weighted by Gasteiger charge is 2.19. The van der Waals surface area contributed by atoms with Gasteiger partial charge in [0.2, 0.25) is 10.0 Å². The van der Waals surface area contributed by atoms with Crippen LogP contribution in [0.1, 0.15) is 19.8 Å². The molecule has 0 bridgehead atoms. The van der Waals surface area contributed by atoms with E-state index in [1.54, 1.807) is 0 Å². The number of sulfonamides is 1. The highest BCUT2D eigenvalue weighted by atomic mass is 35.5. The van der Waals surface area contributed by atoms with Crippen molar-refractivity contribution < 1.29 is 8.42 Å². The zero-order valence-corrected chi connectivity index (χ0v) is 12.0. The maximum absolute atomic E-state index is 12.0. The van der Waals surface area contributed by atoms with Gasteiger partial charge in [-0.25, -0.2) is 18.1 Å². The predicted octanol–water partition coefficient (Wildman–Crippen LogP) is 2.47. The molecular formula is C11H12Cl2N2O2S. The molecule has 0 aliphatic heterocycles. The summed E-state index contributed by atoms with van der Waals surface area (Å²) < 4.78 is 26.5. The van der Waals surface area contributed by atoms with Crippen LogP contribution in [0, 0.1) is 12.3 Å². The summed E-state index contributed by atoms with van der Waals surface area (Å²) in [6, 6.07) is 0.941. The fourth-order valence-corrected chi connectivity index (χ4v) is 2.87. The molecule has 1 rings (SSSR count). The Hall–Kier alpha value is -0.800. The number of halogens is 2. The van der Waals surface area contributed by atoms with Gasteiger partial charge in [-0.05, 0) is 12.5 Å². The van der Waals surface area contributed by atoms with E-state index in [1.165, 1.54) is 6.07 Å². The second-order valence-electron chi connectivity index (χ2n) is 3.58. The minimum absolute atomic E-state index is 0.0348. The smallest absolute Gasteiger partial charge is 0.242 e. The molecule has 0 saturated heterocycles. The summed E-state index contributed by atoms with van der Waals surface area (Å²) in [5.74, 6) is 2.42. The molecule has 1 N–H and O–H groups in total. The fourth-order valence-electron chi connectivity index (χ4n) is 1.25. The van der Waals surface area contributed by atoms with E-state index in [0.717, 1.165) is 6.20 Å². The van der Waals surface area contributed by atoms with Crippen molar-refractivity contribution in [2.24, 2.45) is 0 Å². The molecule has 7 heteroatoms. The lowest BCUT2D eigenvalue weighted by Gasteiger charge is -2.14. The molecule has 0 amide bonds. The first-order valence-corrected chi connectivity index (χ1v) is 7.41. The van der Waals surface area contributed by atoms with Crippen molar-refractivity contribution in [3.05, 3.63) is 22.4 Å². The van der Waals surface area contributed by atoms with Crippen molar-refractivity contribution in [1.82, 2.24) is 9.71 Å². The molecule has 18 heavy (non-hydrogen) atoms. The quantitative estimate of drug-likeness (QED) is 0.671. The highest BCUT2D eigenvalue weighted by Crippen LogP contribution is 2.22. The summed E-state index contributed by atoms with van der Waals surface area (Å²) >= 11 is 11.4. The maximum Gasteiger partial charge on any atom is 0.242 e. The average Bonchev–Trinajstić information content (AvgIpc) is 2.31. The van der Waals surface area contributed by atoms with Crippen LogP contribution in [0.2, 0.25) is 10.2 Å². The lowest BCUT2D eigenvalue weighted by Crippen LogP contribution is -2.34. The summed E-state index contributed by atoms with van der Waals surface area (Å²) in [5.41, 5.74) is 0. The molecule has 1 aromatic heterocycles. The van der Waals surface area contributed by atoms with Gasteiger partial charge in [0.25, 0.3) is 0 Å². The van der Waals surface area contributed by atoms with Gasteiger partial charge in [-0.3, -0.25) is 0 Å². The largest absolute Gasteiger partial charge is 0.242 e. The van der Waals surface area contributed by atoms with E-state index in [9.17, 15) is 8.42 Å². The molecule has 1 aromatic rings. The van der Waals surface area contributed by atoms with Crippen LogP contribution in [-0.4, -0.2) is 19.4 Å². The van der Waals surface area contributed by atoms with Crippen LogP contribution in [0.4, 0.5) is 0 Å². The molecule has 98 valence electrons. The van der Waals surface area contributed by atoms with E-state index in [1.807, 2.05) is 6.92 Å². The molecular weight excluding hydrogens is 295 g/mol. The highest BCUT2D eigenvalue weighted by molar-refractivity contribution is 7.89. The molecule has 0 aliphatic carbocycles. The van der Waals surface area contributed by atoms with Crippen molar-refractivity contribution >= 4 is 33.2 Å². The summed E-state index contributed by atoms with van der Waals surface area (Å²) in [7, 11) is -3.68. The Kier molecular flexibility index (Phi) is 5.42. The molecule has 0 saturated carbocycles. The molecule has 0 radical (unpaired) electrons. The minimum Gasteiger partial charge on any atom is -0.242 e. The molecule has 1 heterocycles. The Balaban J connectivity index is 2.99. The van der Waals surface area contributed by atoms with Crippen molar-refractivity contribution in [1.29, 1.82) is 0 Å². The Bertz CT molecular complexity index is 567. The minimum atomic E-state index is -3.68. The van der Waals surface area contributed by atoms with Crippen LogP contribution in [0.3, 0.4) is 0 Å². The molecule has 0 fully saturated rings. The predicted molar refractivity (Wildman–Crippen MR) is 72.1 cm³/mol. The molecule has 4 nitrogen and oxygen atoms in total. The lowest BCUT2D eigenvalue weighted by atomic mass is 10.2. The number of nitrogens with one attached hydrogen (secondary N) is 1. The van der Waals surface area contributed by atoms with Crippen LogP contribution < -0.4 is 4.72 Å². The normalized spacial score (nSPS) is 13.0. The number of aromatic nitrogens is 1. The first-order valence-electron chi connectivity index (χ1n) is 5.17. The molecule has 0 spiro atoms. The van der Waals surface area contributed by atoms with E-state index in [4.69, 9.17) is 29.6 Å². The van der Waals surface area contributed by atoms with Crippen molar-refractivity contribution in [3.63, 3.8) is 0 Å². The SMILES string of the molecule is C#CCC(CC)NS(=O)(=O)c1cnc(Cl)c(Cl)c1. The van der Waals surface area contributed by atoms with Gasteiger partial charge in [0, 0.05) is 18.7 Å². The monoisotopic (exact) mass is 306 g/mol. The van der Waals surface area contributed by atoms with Gasteiger partial charge >= 0.3 is 0 Å². The summed E-state index contributed by atoms with van der Waals surface area (Å²) in [5, 5.41) is 0.149. The summed E-state index contributed by atoms with van der Waals surface area (Å²) in [6.07, 6.45) is 7.24. The Morgan fingerprint density at radius 3 is 2.72 bits per heavy atom. The van der Waals surface area contributed by atoms with E-state index < -0.39 is 10.0 Å². The van der Waals surface area contributed by atoms with Crippen molar-refractivity contribution in [2.75, 3.05) is 0 Å². The van der Waals surface area contributed by atoms with Gasteiger partial charge in [0.1, 0.15) is 10.0 Å². The zero-order valence-electron chi connectivity index (χ0n) is 9.65. The van der Waals surface area contributed by atoms with Crippen LogP contribution in [-0.2, 0) is 10.0 Å². The van der Waals surface area contributed by atoms with Crippen LogP contribution in [0.25, 0.3) is 0 Å². The van der Waals surface area contributed by atoms with E-state index in [-0.39, 0.29) is 21.1 Å². The number of pyridine rings is 1. The van der Waals surface area contributed by atoms with Gasteiger partial charge in [-0.1, -0.05) is 30.1 Å². The number of hydrogen-bond acceptors (Lipinski definition) is 3. The molecule has 0 aromatic carbocycles.